The van der Waals surface area contributed by atoms with Gasteiger partial charge in [-0.1, -0.05) is 36.7 Å². The molecule has 3 rings (SSSR count). The van der Waals surface area contributed by atoms with E-state index in [0.29, 0.717) is 29.6 Å². The Morgan fingerprint density at radius 3 is 2.83 bits per heavy atom. The maximum Gasteiger partial charge on any atom is 0.387 e. The van der Waals surface area contributed by atoms with Gasteiger partial charge in [0.15, 0.2) is 0 Å². The van der Waals surface area contributed by atoms with E-state index in [4.69, 9.17) is 11.6 Å². The molecule has 2 aromatic rings. The van der Waals surface area contributed by atoms with Gasteiger partial charge in [-0.25, -0.2) is 9.98 Å². The summed E-state index contributed by atoms with van der Waals surface area (Å²) in [6, 6.07) is 12.0. The van der Waals surface area contributed by atoms with Gasteiger partial charge in [0, 0.05) is 29.6 Å². The molecular formula is C20H19ClF2N4O2. The summed E-state index contributed by atoms with van der Waals surface area (Å²) in [6.45, 7) is -0.583. The van der Waals surface area contributed by atoms with Gasteiger partial charge in [-0.15, -0.1) is 0 Å². The van der Waals surface area contributed by atoms with Crippen molar-refractivity contribution in [3.8, 4) is 5.75 Å². The molecule has 9 heteroatoms. The molecule has 29 heavy (non-hydrogen) atoms. The number of carbonyl (C=O) groups is 1. The van der Waals surface area contributed by atoms with Crippen molar-refractivity contribution >= 4 is 29.7 Å². The third-order valence-electron chi connectivity index (χ3n) is 4.45. The van der Waals surface area contributed by atoms with E-state index in [9.17, 15) is 13.6 Å². The first kappa shape index (κ1) is 20.7. The number of benzene rings is 1. The predicted molar refractivity (Wildman–Crippen MR) is 107 cm³/mol. The molecule has 0 saturated carbocycles. The number of aliphatic imine (C=N–C) groups is 1. The van der Waals surface area contributed by atoms with Gasteiger partial charge in [0.25, 0.3) is 0 Å². The van der Waals surface area contributed by atoms with Crippen molar-refractivity contribution in [1.82, 2.24) is 10.3 Å². The monoisotopic (exact) mass is 420 g/mol. The van der Waals surface area contributed by atoms with Gasteiger partial charge >= 0.3 is 6.61 Å². The zero-order chi connectivity index (χ0) is 20.8. The number of aromatic nitrogens is 1. The molecule has 2 atom stereocenters. The minimum atomic E-state index is -2.87. The smallest absolute Gasteiger partial charge is 0.387 e. The minimum Gasteiger partial charge on any atom is -0.435 e. The number of nitrogens with zero attached hydrogens (tertiary/aromatic N) is 2. The van der Waals surface area contributed by atoms with Crippen molar-refractivity contribution in [3.05, 3.63) is 65.0 Å². The van der Waals surface area contributed by atoms with Crippen LogP contribution in [0.1, 0.15) is 24.1 Å². The Kier molecular flexibility index (Phi) is 6.77. The van der Waals surface area contributed by atoms with E-state index >= 15 is 0 Å². The zero-order valence-corrected chi connectivity index (χ0v) is 16.2. The van der Waals surface area contributed by atoms with Crippen molar-refractivity contribution in [2.75, 3.05) is 5.32 Å². The number of hydrogen-bond donors (Lipinski definition) is 2. The summed E-state index contributed by atoms with van der Waals surface area (Å²) < 4.78 is 29.2. The third kappa shape index (κ3) is 5.29. The van der Waals surface area contributed by atoms with E-state index in [-0.39, 0.29) is 17.6 Å². The Morgan fingerprint density at radius 1 is 1.28 bits per heavy atom. The van der Waals surface area contributed by atoms with Crippen LogP contribution in [0.3, 0.4) is 0 Å². The van der Waals surface area contributed by atoms with Crippen LogP contribution < -0.4 is 15.4 Å². The van der Waals surface area contributed by atoms with E-state index in [1.807, 2.05) is 19.1 Å². The molecule has 1 amide bonds. The van der Waals surface area contributed by atoms with Crippen LogP contribution in [-0.2, 0) is 11.3 Å². The lowest BCUT2D eigenvalue weighted by molar-refractivity contribution is -0.108. The fourth-order valence-electron chi connectivity index (χ4n) is 3.10. The molecule has 6 nitrogen and oxygen atoms in total. The van der Waals surface area contributed by atoms with E-state index in [2.05, 4.69) is 25.3 Å². The summed E-state index contributed by atoms with van der Waals surface area (Å²) in [4.78, 5) is 19.6. The van der Waals surface area contributed by atoms with Crippen LogP contribution in [0.25, 0.3) is 0 Å². The van der Waals surface area contributed by atoms with Crippen LogP contribution in [-0.4, -0.2) is 23.8 Å². The highest BCUT2D eigenvalue weighted by molar-refractivity contribution is 6.30. The number of rotatable bonds is 7. The van der Waals surface area contributed by atoms with Crippen LogP contribution in [0.15, 0.2) is 58.7 Å². The molecule has 1 aliphatic rings. The van der Waals surface area contributed by atoms with Crippen LogP contribution in [0.2, 0.25) is 0 Å². The largest absolute Gasteiger partial charge is 0.435 e. The molecule has 0 spiro atoms. The zero-order valence-electron chi connectivity index (χ0n) is 15.5. The number of ether oxygens (including phenoxy) is 1. The van der Waals surface area contributed by atoms with Crippen LogP contribution in [0.5, 0.6) is 5.75 Å². The van der Waals surface area contributed by atoms with Crippen molar-refractivity contribution < 1.29 is 18.3 Å². The highest BCUT2D eigenvalue weighted by Crippen LogP contribution is 2.36. The fraction of sp³-hybridized carbons (Fsp3) is 0.250. The highest BCUT2D eigenvalue weighted by atomic mass is 35.5. The Hall–Kier alpha value is -3.00. The van der Waals surface area contributed by atoms with Crippen LogP contribution in [0, 0.1) is 5.92 Å². The number of carbonyl (C=O) groups excluding carboxylic acids is 1. The first-order chi connectivity index (χ1) is 14.0. The molecule has 1 aromatic heterocycles. The summed E-state index contributed by atoms with van der Waals surface area (Å²) in [6.07, 6.45) is 2.09. The van der Waals surface area contributed by atoms with E-state index in [1.54, 1.807) is 24.3 Å². The van der Waals surface area contributed by atoms with Crippen molar-refractivity contribution in [3.63, 3.8) is 0 Å². The summed E-state index contributed by atoms with van der Waals surface area (Å²) in [7, 11) is 0. The second kappa shape index (κ2) is 9.47. The average Bonchev–Trinajstić information content (AvgIpc) is 2.69. The average molecular weight is 421 g/mol. The van der Waals surface area contributed by atoms with Crippen LogP contribution >= 0.6 is 11.6 Å². The number of amidine groups is 1. The number of allylic oxidation sites excluding steroid dienone is 1. The first-order valence-electron chi connectivity index (χ1n) is 8.86. The van der Waals surface area contributed by atoms with Gasteiger partial charge in [-0.2, -0.15) is 8.78 Å². The van der Waals surface area contributed by atoms with E-state index in [1.165, 1.54) is 12.3 Å². The van der Waals surface area contributed by atoms with Gasteiger partial charge in [0.1, 0.15) is 17.4 Å². The van der Waals surface area contributed by atoms with Gasteiger partial charge in [0.2, 0.25) is 6.41 Å². The number of hydrogen-bond acceptors (Lipinski definition) is 5. The molecule has 0 aliphatic carbocycles. The lowest BCUT2D eigenvalue weighted by Gasteiger charge is -2.27. The molecule has 0 bridgehead atoms. The lowest BCUT2D eigenvalue weighted by Crippen LogP contribution is -2.34. The molecule has 0 saturated heterocycles. The number of alkyl halides is 2. The maximum absolute atomic E-state index is 12.4. The maximum atomic E-state index is 12.4. The molecule has 152 valence electrons. The number of amides is 1. The Labute approximate surface area is 171 Å². The lowest BCUT2D eigenvalue weighted by atomic mass is 9.87. The molecule has 1 aromatic carbocycles. The molecular weight excluding hydrogens is 402 g/mol. The Balaban J connectivity index is 1.73. The topological polar surface area (TPSA) is 75.6 Å². The second-order valence-electron chi connectivity index (χ2n) is 6.38. The fourth-order valence-corrected chi connectivity index (χ4v) is 3.45. The van der Waals surface area contributed by atoms with Gasteiger partial charge in [0.05, 0.1) is 5.69 Å². The summed E-state index contributed by atoms with van der Waals surface area (Å²) in [5, 5.41) is 6.28. The van der Waals surface area contributed by atoms with E-state index < -0.39 is 6.61 Å². The SMILES string of the molecule is CC1C(NC=O)=NC=C(Cl)C1c1cccc(NCc2cccc(OC(F)F)c2)n1. The normalized spacial score (nSPS) is 18.7. The molecule has 2 heterocycles. The van der Waals surface area contributed by atoms with Crippen molar-refractivity contribution in [2.24, 2.45) is 10.9 Å². The van der Waals surface area contributed by atoms with Gasteiger partial charge in [-0.3, -0.25) is 4.79 Å². The Morgan fingerprint density at radius 2 is 2.07 bits per heavy atom. The van der Waals surface area contributed by atoms with Gasteiger partial charge < -0.3 is 15.4 Å². The molecule has 2 unspecified atom stereocenters. The molecule has 1 aliphatic heterocycles. The number of halogens is 3. The number of pyridine rings is 1. The van der Waals surface area contributed by atoms with E-state index in [0.717, 1.165) is 11.3 Å². The third-order valence-corrected chi connectivity index (χ3v) is 4.78. The van der Waals surface area contributed by atoms with Crippen molar-refractivity contribution in [2.45, 2.75) is 26.0 Å². The quantitative estimate of drug-likeness (QED) is 0.656. The second-order valence-corrected chi connectivity index (χ2v) is 6.82. The highest BCUT2D eigenvalue weighted by Gasteiger charge is 2.30. The summed E-state index contributed by atoms with van der Waals surface area (Å²) in [5.41, 5.74) is 1.49. The number of nitrogens with one attached hydrogen (secondary N) is 2. The Bertz CT molecular complexity index is 936. The standard InChI is InChI=1S/C20H19ClF2N4O2/c1-12-18(15(21)10-25-19(12)26-11-28)16-6-3-7-17(27-16)24-9-13-4-2-5-14(8-13)29-20(22)23/h2-8,10-12,18,20H,9H2,1H3,(H,24,27)(H,25,26,28). The first-order valence-corrected chi connectivity index (χ1v) is 9.23. The van der Waals surface area contributed by atoms with Crippen LogP contribution in [0.4, 0.5) is 14.6 Å². The molecule has 2 N–H and O–H groups in total. The van der Waals surface area contributed by atoms with Gasteiger partial charge in [-0.05, 0) is 29.8 Å². The summed E-state index contributed by atoms with van der Waals surface area (Å²) >= 11 is 6.36. The minimum absolute atomic E-state index is 0.100. The van der Waals surface area contributed by atoms with Crippen molar-refractivity contribution in [1.29, 1.82) is 0 Å². The number of anilines is 1. The summed E-state index contributed by atoms with van der Waals surface area (Å²) in [5.74, 6) is 0.811. The predicted octanol–water partition coefficient (Wildman–Crippen LogP) is 4.25. The molecule has 0 fully saturated rings. The molecule has 0 radical (unpaired) electrons.